The van der Waals surface area contributed by atoms with Gasteiger partial charge in [0.05, 0.1) is 0 Å². The molecule has 2 aromatic rings. The van der Waals surface area contributed by atoms with Crippen molar-refractivity contribution in [2.24, 2.45) is 5.92 Å². The lowest BCUT2D eigenvalue weighted by Gasteiger charge is -2.18. The molecule has 3 rings (SSSR count). The van der Waals surface area contributed by atoms with Gasteiger partial charge in [-0.25, -0.2) is 0 Å². The fourth-order valence-electron chi connectivity index (χ4n) is 2.30. The SMILES string of the molecule is Brc1csc(CNC(c2ccccc2)C2CC2)c1. The summed E-state index contributed by atoms with van der Waals surface area (Å²) >= 11 is 5.32. The Kier molecular flexibility index (Phi) is 3.83. The maximum Gasteiger partial charge on any atom is 0.0351 e. The smallest absolute Gasteiger partial charge is 0.0351 e. The van der Waals surface area contributed by atoms with Crippen LogP contribution in [0.5, 0.6) is 0 Å². The van der Waals surface area contributed by atoms with Gasteiger partial charge in [0.25, 0.3) is 0 Å². The van der Waals surface area contributed by atoms with Gasteiger partial charge < -0.3 is 5.32 Å². The minimum atomic E-state index is 0.520. The predicted octanol–water partition coefficient (Wildman–Crippen LogP) is 4.75. The van der Waals surface area contributed by atoms with E-state index in [0.29, 0.717) is 6.04 Å². The summed E-state index contributed by atoms with van der Waals surface area (Å²) < 4.78 is 1.19. The number of nitrogens with one attached hydrogen (secondary N) is 1. The fourth-order valence-corrected chi connectivity index (χ4v) is 3.71. The second-order valence-corrected chi connectivity index (χ2v) is 6.75. The van der Waals surface area contributed by atoms with Crippen molar-refractivity contribution in [2.45, 2.75) is 25.4 Å². The molecule has 1 saturated carbocycles. The van der Waals surface area contributed by atoms with E-state index in [1.165, 1.54) is 27.8 Å². The summed E-state index contributed by atoms with van der Waals surface area (Å²) in [6.07, 6.45) is 2.72. The van der Waals surface area contributed by atoms with Crippen LogP contribution >= 0.6 is 27.3 Å². The Labute approximate surface area is 120 Å². The highest BCUT2D eigenvalue weighted by atomic mass is 79.9. The first-order chi connectivity index (χ1) is 8.83. The van der Waals surface area contributed by atoms with E-state index in [-0.39, 0.29) is 0 Å². The Morgan fingerprint density at radius 3 is 2.67 bits per heavy atom. The van der Waals surface area contributed by atoms with Gasteiger partial charge in [-0.1, -0.05) is 30.3 Å². The minimum absolute atomic E-state index is 0.520. The van der Waals surface area contributed by atoms with E-state index >= 15 is 0 Å². The third kappa shape index (κ3) is 3.02. The van der Waals surface area contributed by atoms with Crippen molar-refractivity contribution in [2.75, 3.05) is 0 Å². The Morgan fingerprint density at radius 1 is 1.28 bits per heavy atom. The van der Waals surface area contributed by atoms with E-state index in [0.717, 1.165) is 12.5 Å². The van der Waals surface area contributed by atoms with Crippen molar-refractivity contribution in [1.82, 2.24) is 5.32 Å². The van der Waals surface area contributed by atoms with Crippen molar-refractivity contribution < 1.29 is 0 Å². The molecule has 0 saturated heterocycles. The number of halogens is 1. The lowest BCUT2D eigenvalue weighted by atomic mass is 10.0. The van der Waals surface area contributed by atoms with Crippen molar-refractivity contribution in [3.63, 3.8) is 0 Å². The maximum absolute atomic E-state index is 3.72. The number of thiophene rings is 1. The molecule has 1 fully saturated rings. The van der Waals surface area contributed by atoms with Gasteiger partial charge in [-0.3, -0.25) is 0 Å². The zero-order valence-electron chi connectivity index (χ0n) is 10.1. The largest absolute Gasteiger partial charge is 0.305 e. The molecular formula is C15H16BrNS. The molecule has 1 aliphatic carbocycles. The average molecular weight is 322 g/mol. The van der Waals surface area contributed by atoms with Gasteiger partial charge in [0.2, 0.25) is 0 Å². The molecule has 0 amide bonds. The lowest BCUT2D eigenvalue weighted by Crippen LogP contribution is -2.22. The zero-order chi connectivity index (χ0) is 12.4. The lowest BCUT2D eigenvalue weighted by molar-refractivity contribution is 0.482. The summed E-state index contributed by atoms with van der Waals surface area (Å²) in [5.41, 5.74) is 1.43. The molecule has 3 heteroatoms. The van der Waals surface area contributed by atoms with Crippen molar-refractivity contribution in [3.05, 3.63) is 56.7 Å². The summed E-state index contributed by atoms with van der Waals surface area (Å²) in [6.45, 7) is 0.965. The molecule has 18 heavy (non-hydrogen) atoms. The van der Waals surface area contributed by atoms with Crippen LogP contribution in [0, 0.1) is 5.92 Å². The standard InChI is InChI=1S/C15H16BrNS/c16-13-8-14(18-10-13)9-17-15(12-6-7-12)11-4-2-1-3-5-11/h1-5,8,10,12,15,17H,6-7,9H2. The molecule has 1 nitrogen and oxygen atoms in total. The zero-order valence-corrected chi connectivity index (χ0v) is 12.5. The first-order valence-corrected chi connectivity index (χ1v) is 8.01. The molecule has 1 aromatic heterocycles. The number of rotatable bonds is 5. The molecule has 0 spiro atoms. The number of benzene rings is 1. The highest BCUT2D eigenvalue weighted by Crippen LogP contribution is 2.41. The second-order valence-electron chi connectivity index (χ2n) is 4.84. The molecular weight excluding hydrogens is 306 g/mol. The summed E-state index contributed by atoms with van der Waals surface area (Å²) in [5, 5.41) is 5.86. The van der Waals surface area contributed by atoms with E-state index < -0.39 is 0 Å². The van der Waals surface area contributed by atoms with E-state index in [1.54, 1.807) is 0 Å². The molecule has 94 valence electrons. The van der Waals surface area contributed by atoms with E-state index in [9.17, 15) is 0 Å². The van der Waals surface area contributed by atoms with Crippen LogP contribution in [-0.2, 0) is 6.54 Å². The topological polar surface area (TPSA) is 12.0 Å². The van der Waals surface area contributed by atoms with Crippen LogP contribution in [-0.4, -0.2) is 0 Å². The van der Waals surface area contributed by atoms with Gasteiger partial charge in [0.15, 0.2) is 0 Å². The Morgan fingerprint density at radius 2 is 2.06 bits per heavy atom. The molecule has 1 heterocycles. The summed E-state index contributed by atoms with van der Waals surface area (Å²) in [6, 6.07) is 13.5. The molecule has 0 bridgehead atoms. The van der Waals surface area contributed by atoms with Gasteiger partial charge in [0.1, 0.15) is 0 Å². The normalized spacial score (nSPS) is 16.7. The van der Waals surface area contributed by atoms with E-state index in [1.807, 2.05) is 11.3 Å². The average Bonchev–Trinajstić information content (AvgIpc) is 3.14. The molecule has 1 atom stereocenters. The van der Waals surface area contributed by atoms with Gasteiger partial charge in [-0.2, -0.15) is 0 Å². The van der Waals surface area contributed by atoms with E-state index in [4.69, 9.17) is 0 Å². The van der Waals surface area contributed by atoms with Crippen LogP contribution in [0.25, 0.3) is 0 Å². The predicted molar refractivity (Wildman–Crippen MR) is 80.8 cm³/mol. The van der Waals surface area contributed by atoms with Crippen molar-refractivity contribution in [1.29, 1.82) is 0 Å². The Hall–Kier alpha value is -0.640. The van der Waals surface area contributed by atoms with Crippen LogP contribution in [0.4, 0.5) is 0 Å². The van der Waals surface area contributed by atoms with Gasteiger partial charge in [-0.05, 0) is 46.3 Å². The number of hydrogen-bond donors (Lipinski definition) is 1. The molecule has 0 radical (unpaired) electrons. The first-order valence-electron chi connectivity index (χ1n) is 6.34. The summed E-state index contributed by atoms with van der Waals surface area (Å²) in [5.74, 6) is 0.829. The first kappa shape index (κ1) is 12.4. The van der Waals surface area contributed by atoms with Gasteiger partial charge in [-0.15, -0.1) is 11.3 Å². The molecule has 1 unspecified atom stereocenters. The number of hydrogen-bond acceptors (Lipinski definition) is 2. The van der Waals surface area contributed by atoms with Gasteiger partial charge in [0, 0.05) is 27.3 Å². The monoisotopic (exact) mass is 321 g/mol. The maximum atomic E-state index is 3.72. The van der Waals surface area contributed by atoms with Crippen molar-refractivity contribution in [3.8, 4) is 0 Å². The minimum Gasteiger partial charge on any atom is -0.305 e. The summed E-state index contributed by atoms with van der Waals surface area (Å²) in [4.78, 5) is 1.39. The third-order valence-electron chi connectivity index (χ3n) is 3.37. The highest BCUT2D eigenvalue weighted by molar-refractivity contribution is 9.10. The molecule has 0 aliphatic heterocycles. The van der Waals surface area contributed by atoms with Crippen LogP contribution in [0.2, 0.25) is 0 Å². The van der Waals surface area contributed by atoms with Crippen LogP contribution < -0.4 is 5.32 Å². The summed E-state index contributed by atoms with van der Waals surface area (Å²) in [7, 11) is 0. The van der Waals surface area contributed by atoms with E-state index in [2.05, 4.69) is 63.0 Å². The Balaban J connectivity index is 1.68. The van der Waals surface area contributed by atoms with Crippen LogP contribution in [0.1, 0.15) is 29.3 Å². The van der Waals surface area contributed by atoms with Crippen LogP contribution in [0.3, 0.4) is 0 Å². The third-order valence-corrected chi connectivity index (χ3v) is 5.07. The van der Waals surface area contributed by atoms with Gasteiger partial charge >= 0.3 is 0 Å². The highest BCUT2D eigenvalue weighted by Gasteiger charge is 2.31. The Bertz CT molecular complexity index is 504. The molecule has 1 aromatic carbocycles. The van der Waals surface area contributed by atoms with Crippen LogP contribution in [0.15, 0.2) is 46.3 Å². The quantitative estimate of drug-likeness (QED) is 0.837. The van der Waals surface area contributed by atoms with Crippen molar-refractivity contribution >= 4 is 27.3 Å². The second kappa shape index (κ2) is 5.55. The molecule has 1 N–H and O–H groups in total. The molecule has 1 aliphatic rings. The fraction of sp³-hybridized carbons (Fsp3) is 0.333.